The van der Waals surface area contributed by atoms with E-state index in [2.05, 4.69) is 117 Å². The van der Waals surface area contributed by atoms with Gasteiger partial charge in [-0.1, -0.05) is 170 Å². The molecule has 1 aromatic heterocycles. The Morgan fingerprint density at radius 1 is 0.333 bits per heavy atom. The molecule has 48 heavy (non-hydrogen) atoms. The predicted molar refractivity (Wildman–Crippen MR) is 205 cm³/mol. The highest BCUT2D eigenvalue weighted by Gasteiger charge is 2.17. The molecule has 0 amide bonds. The summed E-state index contributed by atoms with van der Waals surface area (Å²) in [4.78, 5) is 14.7. The molecule has 0 spiro atoms. The smallest absolute Gasteiger partial charge is 0.164 e. The molecule has 0 aliphatic rings. The number of aromatic nitrogens is 3. The highest BCUT2D eigenvalue weighted by molar-refractivity contribution is 6.88. The Kier molecular flexibility index (Phi) is 7.51. The third kappa shape index (κ3) is 5.83. The Balaban J connectivity index is 1.11. The Labute approximate surface area is 282 Å². The van der Waals surface area contributed by atoms with Crippen LogP contribution >= 0.6 is 0 Å². The lowest BCUT2D eigenvalue weighted by Gasteiger charge is -2.17. The maximum absolute atomic E-state index is 4.93. The summed E-state index contributed by atoms with van der Waals surface area (Å²) in [6, 6.07) is 55.9. The SMILES string of the molecule is C[Si](C)(C)c1ccc2c(ccc3cc(-c4ccc(-c5cccc(-c6nc(-c7ccccc7)nc(-c7ccccc7)n6)c5)cc4)ccc32)c1. The van der Waals surface area contributed by atoms with Crippen molar-refractivity contribution in [2.24, 2.45) is 0 Å². The van der Waals surface area contributed by atoms with Crippen molar-refractivity contribution < 1.29 is 0 Å². The van der Waals surface area contributed by atoms with Gasteiger partial charge in [-0.15, -0.1) is 0 Å². The van der Waals surface area contributed by atoms with Gasteiger partial charge in [-0.3, -0.25) is 0 Å². The van der Waals surface area contributed by atoms with Crippen LogP contribution in [0.3, 0.4) is 0 Å². The van der Waals surface area contributed by atoms with E-state index in [1.807, 2.05) is 60.7 Å². The zero-order valence-electron chi connectivity index (χ0n) is 27.4. The van der Waals surface area contributed by atoms with Gasteiger partial charge in [-0.05, 0) is 55.9 Å². The average molecular weight is 634 g/mol. The topological polar surface area (TPSA) is 38.7 Å². The van der Waals surface area contributed by atoms with Crippen molar-refractivity contribution >= 4 is 34.8 Å². The largest absolute Gasteiger partial charge is 0.208 e. The molecule has 0 saturated heterocycles. The van der Waals surface area contributed by atoms with Gasteiger partial charge >= 0.3 is 0 Å². The lowest BCUT2D eigenvalue weighted by atomic mass is 9.96. The standard InChI is InChI=1S/C44H35N3Si/c1-48(2,3)39-24-26-41-37(29-39)22-21-36-27-35(23-25-40(36)41)31-19-17-30(18-20-31)34-15-10-16-38(28-34)44-46-42(32-11-6-4-7-12-32)45-43(47-44)33-13-8-5-9-14-33/h4-29H,1-3H3. The minimum Gasteiger partial charge on any atom is -0.208 e. The molecule has 7 aromatic carbocycles. The molecule has 0 aliphatic heterocycles. The summed E-state index contributed by atoms with van der Waals surface area (Å²) < 4.78 is 0. The third-order valence-electron chi connectivity index (χ3n) is 9.07. The van der Waals surface area contributed by atoms with E-state index >= 15 is 0 Å². The van der Waals surface area contributed by atoms with E-state index in [1.165, 1.54) is 37.9 Å². The van der Waals surface area contributed by atoms with Gasteiger partial charge in [0.25, 0.3) is 0 Å². The summed E-state index contributed by atoms with van der Waals surface area (Å²) in [5, 5.41) is 6.71. The quantitative estimate of drug-likeness (QED) is 0.135. The number of hydrogen-bond donors (Lipinski definition) is 0. The first-order valence-corrected chi connectivity index (χ1v) is 19.9. The van der Waals surface area contributed by atoms with Gasteiger partial charge in [0, 0.05) is 16.7 Å². The van der Waals surface area contributed by atoms with E-state index in [9.17, 15) is 0 Å². The molecular weight excluding hydrogens is 599 g/mol. The highest BCUT2D eigenvalue weighted by atomic mass is 28.3. The Morgan fingerprint density at radius 3 is 1.33 bits per heavy atom. The van der Waals surface area contributed by atoms with Gasteiger partial charge in [0.05, 0.1) is 8.07 Å². The summed E-state index contributed by atoms with van der Waals surface area (Å²) in [6.07, 6.45) is 0. The van der Waals surface area contributed by atoms with E-state index in [0.29, 0.717) is 17.5 Å². The number of benzene rings is 7. The van der Waals surface area contributed by atoms with Crippen LogP contribution in [0.1, 0.15) is 0 Å². The fourth-order valence-corrected chi connectivity index (χ4v) is 7.52. The fourth-order valence-electron chi connectivity index (χ4n) is 6.35. The average Bonchev–Trinajstić information content (AvgIpc) is 3.14. The van der Waals surface area contributed by atoms with Gasteiger partial charge in [-0.25, -0.2) is 15.0 Å². The summed E-state index contributed by atoms with van der Waals surface area (Å²) in [5.41, 5.74) is 7.55. The highest BCUT2D eigenvalue weighted by Crippen LogP contribution is 2.32. The molecule has 0 fully saturated rings. The van der Waals surface area contributed by atoms with Crippen LogP contribution in [-0.2, 0) is 0 Å². The molecule has 0 unspecified atom stereocenters. The normalized spacial score (nSPS) is 11.6. The van der Waals surface area contributed by atoms with Crippen LogP contribution in [0.25, 0.3) is 78.0 Å². The first-order valence-electron chi connectivity index (χ1n) is 16.4. The molecule has 4 heteroatoms. The second-order valence-electron chi connectivity index (χ2n) is 13.4. The molecule has 0 bridgehead atoms. The van der Waals surface area contributed by atoms with Crippen LogP contribution in [0, 0.1) is 0 Å². The van der Waals surface area contributed by atoms with Crippen molar-refractivity contribution in [2.45, 2.75) is 19.6 Å². The number of rotatable bonds is 6. The number of nitrogens with zero attached hydrogens (tertiary/aromatic N) is 3. The summed E-state index contributed by atoms with van der Waals surface area (Å²) in [7, 11) is -1.36. The number of fused-ring (bicyclic) bond motifs is 3. The monoisotopic (exact) mass is 633 g/mol. The van der Waals surface area contributed by atoms with E-state index in [4.69, 9.17) is 15.0 Å². The molecular formula is C44H35N3Si. The molecule has 0 atom stereocenters. The minimum atomic E-state index is -1.36. The van der Waals surface area contributed by atoms with Crippen LogP contribution in [0.2, 0.25) is 19.6 Å². The van der Waals surface area contributed by atoms with Crippen LogP contribution in [0.15, 0.2) is 158 Å². The first-order chi connectivity index (χ1) is 23.4. The number of hydrogen-bond acceptors (Lipinski definition) is 3. The molecule has 0 radical (unpaired) electrons. The summed E-state index contributed by atoms with van der Waals surface area (Å²) in [5.74, 6) is 1.98. The maximum atomic E-state index is 4.93. The van der Waals surface area contributed by atoms with Crippen LogP contribution in [-0.4, -0.2) is 23.0 Å². The van der Waals surface area contributed by atoms with Crippen molar-refractivity contribution in [1.29, 1.82) is 0 Å². The second kappa shape index (κ2) is 12.1. The third-order valence-corrected chi connectivity index (χ3v) is 11.1. The van der Waals surface area contributed by atoms with Crippen LogP contribution in [0.5, 0.6) is 0 Å². The van der Waals surface area contributed by atoms with E-state index in [0.717, 1.165) is 27.8 Å². The Hall–Kier alpha value is -5.71. The fraction of sp³-hybridized carbons (Fsp3) is 0.0682. The van der Waals surface area contributed by atoms with E-state index in [1.54, 1.807) is 0 Å². The lowest BCUT2D eigenvalue weighted by molar-refractivity contribution is 1.07. The summed E-state index contributed by atoms with van der Waals surface area (Å²) in [6.45, 7) is 7.21. The second-order valence-corrected chi connectivity index (χ2v) is 18.5. The van der Waals surface area contributed by atoms with Gasteiger partial charge < -0.3 is 0 Å². The molecule has 0 N–H and O–H groups in total. The predicted octanol–water partition coefficient (Wildman–Crippen LogP) is 11.1. The van der Waals surface area contributed by atoms with Crippen LogP contribution in [0.4, 0.5) is 0 Å². The Bertz CT molecular complexity index is 2360. The van der Waals surface area contributed by atoms with Crippen LogP contribution < -0.4 is 5.19 Å². The zero-order valence-corrected chi connectivity index (χ0v) is 28.4. The van der Waals surface area contributed by atoms with Crippen molar-refractivity contribution in [1.82, 2.24) is 15.0 Å². The van der Waals surface area contributed by atoms with Gasteiger partial charge in [0.2, 0.25) is 0 Å². The molecule has 0 saturated carbocycles. The molecule has 8 aromatic rings. The first kappa shape index (κ1) is 29.7. The molecule has 3 nitrogen and oxygen atoms in total. The molecule has 230 valence electrons. The van der Waals surface area contributed by atoms with Crippen molar-refractivity contribution in [3.05, 3.63) is 158 Å². The van der Waals surface area contributed by atoms with Gasteiger partial charge in [0.15, 0.2) is 17.5 Å². The van der Waals surface area contributed by atoms with Gasteiger partial charge in [-0.2, -0.15) is 0 Å². The molecule has 8 rings (SSSR count). The molecule has 0 aliphatic carbocycles. The molecule has 1 heterocycles. The van der Waals surface area contributed by atoms with Gasteiger partial charge in [0.1, 0.15) is 0 Å². The van der Waals surface area contributed by atoms with E-state index < -0.39 is 8.07 Å². The summed E-state index contributed by atoms with van der Waals surface area (Å²) >= 11 is 0. The van der Waals surface area contributed by atoms with Crippen molar-refractivity contribution in [3.8, 4) is 56.4 Å². The zero-order chi connectivity index (χ0) is 32.7. The Morgan fingerprint density at radius 2 is 0.771 bits per heavy atom. The maximum Gasteiger partial charge on any atom is 0.164 e. The van der Waals surface area contributed by atoms with Crippen molar-refractivity contribution in [2.75, 3.05) is 0 Å². The lowest BCUT2D eigenvalue weighted by Crippen LogP contribution is -2.37. The minimum absolute atomic E-state index is 0.654. The van der Waals surface area contributed by atoms with Crippen molar-refractivity contribution in [3.63, 3.8) is 0 Å². The van der Waals surface area contributed by atoms with E-state index in [-0.39, 0.29) is 0 Å².